The van der Waals surface area contributed by atoms with E-state index in [9.17, 15) is 14.9 Å². The topological polar surface area (TPSA) is 109 Å². The second-order valence-electron chi connectivity index (χ2n) is 6.02. The minimum absolute atomic E-state index is 0.110. The fourth-order valence-electron chi connectivity index (χ4n) is 2.60. The van der Waals surface area contributed by atoms with Gasteiger partial charge in [-0.2, -0.15) is 5.26 Å². The van der Waals surface area contributed by atoms with Crippen molar-refractivity contribution in [2.24, 2.45) is 0 Å². The molecule has 0 unspecified atom stereocenters. The number of hydrogen-bond acceptors (Lipinski definition) is 5. The number of benzene rings is 2. The van der Waals surface area contributed by atoms with E-state index < -0.39 is 18.5 Å². The molecule has 0 aliphatic rings. The van der Waals surface area contributed by atoms with Crippen molar-refractivity contribution in [2.45, 2.75) is 6.42 Å². The van der Waals surface area contributed by atoms with Crippen LogP contribution in [0.3, 0.4) is 0 Å². The fourth-order valence-corrected chi connectivity index (χ4v) is 3.00. The molecule has 0 aliphatic heterocycles. The van der Waals surface area contributed by atoms with Crippen molar-refractivity contribution < 1.29 is 24.2 Å². The zero-order chi connectivity index (χ0) is 22.1. The fraction of sp³-hybridized carbons (Fsp3) is 0.136. The molecule has 154 valence electrons. The molecule has 1 amide bonds. The first-order valence-electron chi connectivity index (χ1n) is 8.73. The average molecular weight is 471 g/mol. The molecule has 0 saturated carbocycles. The van der Waals surface area contributed by atoms with Gasteiger partial charge in [0.15, 0.2) is 18.1 Å². The molecule has 0 spiro atoms. The number of halogens is 1. The molecule has 0 radical (unpaired) electrons. The lowest BCUT2D eigenvalue weighted by Gasteiger charge is -2.15. The molecule has 0 aromatic heterocycles. The zero-order valence-corrected chi connectivity index (χ0v) is 17.7. The van der Waals surface area contributed by atoms with Gasteiger partial charge >= 0.3 is 5.97 Å². The maximum Gasteiger partial charge on any atom is 0.341 e. The van der Waals surface area contributed by atoms with Crippen molar-refractivity contribution in [1.82, 2.24) is 0 Å². The second kappa shape index (κ2) is 10.8. The Hall–Kier alpha value is -3.57. The molecular formula is C22H19BrN2O5. The first kappa shape index (κ1) is 22.7. The Morgan fingerprint density at radius 2 is 2.10 bits per heavy atom. The molecule has 0 bridgehead atoms. The Morgan fingerprint density at radius 3 is 2.70 bits per heavy atom. The SMILES string of the molecule is C=CCc1cc(/C=C(/C#N)C(=O)Nc2cccc(Br)c2)cc(OC)c1OCC(=O)O. The van der Waals surface area contributed by atoms with E-state index in [2.05, 4.69) is 27.8 Å². The Balaban J connectivity index is 2.39. The van der Waals surface area contributed by atoms with Gasteiger partial charge in [0.2, 0.25) is 0 Å². The summed E-state index contributed by atoms with van der Waals surface area (Å²) < 4.78 is 11.5. The number of carboxylic acids is 1. The lowest BCUT2D eigenvalue weighted by molar-refractivity contribution is -0.139. The maximum absolute atomic E-state index is 12.5. The number of anilines is 1. The number of methoxy groups -OCH3 is 1. The molecule has 30 heavy (non-hydrogen) atoms. The average Bonchev–Trinajstić information content (AvgIpc) is 2.70. The molecule has 8 heteroatoms. The highest BCUT2D eigenvalue weighted by Crippen LogP contribution is 2.34. The number of nitriles is 1. The zero-order valence-electron chi connectivity index (χ0n) is 16.1. The van der Waals surface area contributed by atoms with Crippen molar-refractivity contribution >= 4 is 39.6 Å². The van der Waals surface area contributed by atoms with E-state index in [-0.39, 0.29) is 17.1 Å². The Labute approximate surface area is 182 Å². The minimum Gasteiger partial charge on any atom is -0.493 e. The van der Waals surface area contributed by atoms with Gasteiger partial charge in [0.25, 0.3) is 5.91 Å². The first-order chi connectivity index (χ1) is 14.4. The highest BCUT2D eigenvalue weighted by atomic mass is 79.9. The van der Waals surface area contributed by atoms with Crippen LogP contribution in [0, 0.1) is 11.3 Å². The standard InChI is InChI=1S/C22H19BrN2O5/c1-3-5-15-8-14(10-19(29-2)21(15)30-13-20(26)27)9-16(12-24)22(28)25-18-7-4-6-17(23)11-18/h3-4,6-11H,1,5,13H2,2H3,(H,25,28)(H,26,27)/b16-9-. The van der Waals surface area contributed by atoms with Crippen LogP contribution < -0.4 is 14.8 Å². The summed E-state index contributed by atoms with van der Waals surface area (Å²) >= 11 is 3.33. The third kappa shape index (κ3) is 6.22. The van der Waals surface area contributed by atoms with Crippen molar-refractivity contribution in [3.63, 3.8) is 0 Å². The largest absolute Gasteiger partial charge is 0.493 e. The lowest BCUT2D eigenvalue weighted by Crippen LogP contribution is -2.13. The molecule has 0 heterocycles. The van der Waals surface area contributed by atoms with Gasteiger partial charge in [-0.1, -0.05) is 28.1 Å². The van der Waals surface area contributed by atoms with Crippen LogP contribution in [0.4, 0.5) is 5.69 Å². The van der Waals surface area contributed by atoms with Crippen LogP contribution in [-0.2, 0) is 16.0 Å². The third-order valence-electron chi connectivity index (χ3n) is 3.84. The van der Waals surface area contributed by atoms with E-state index in [1.165, 1.54) is 13.2 Å². The van der Waals surface area contributed by atoms with Crippen LogP contribution in [0.2, 0.25) is 0 Å². The summed E-state index contributed by atoms with van der Waals surface area (Å²) in [6.07, 6.45) is 3.42. The molecule has 2 rings (SSSR count). The third-order valence-corrected chi connectivity index (χ3v) is 4.33. The Kier molecular flexibility index (Phi) is 8.20. The summed E-state index contributed by atoms with van der Waals surface area (Å²) in [5.74, 6) is -1.13. The quantitative estimate of drug-likeness (QED) is 0.323. The van der Waals surface area contributed by atoms with E-state index in [0.717, 1.165) is 4.47 Å². The molecule has 0 saturated heterocycles. The summed E-state index contributed by atoms with van der Waals surface area (Å²) in [7, 11) is 1.42. The summed E-state index contributed by atoms with van der Waals surface area (Å²) in [6, 6.07) is 12.1. The monoisotopic (exact) mass is 470 g/mol. The number of aliphatic carboxylic acids is 1. The summed E-state index contributed by atoms with van der Waals surface area (Å²) in [5.41, 5.74) is 1.56. The van der Waals surface area contributed by atoms with Crippen LogP contribution in [-0.4, -0.2) is 30.7 Å². The number of allylic oxidation sites excluding steroid dienone is 1. The number of carbonyl (C=O) groups is 2. The summed E-state index contributed by atoms with van der Waals surface area (Å²) in [5, 5.41) is 21.0. The van der Waals surface area contributed by atoms with E-state index in [4.69, 9.17) is 14.6 Å². The number of hydrogen-bond donors (Lipinski definition) is 2. The maximum atomic E-state index is 12.5. The molecule has 0 atom stereocenters. The van der Waals surface area contributed by atoms with Gasteiger partial charge in [-0.05, 0) is 48.4 Å². The second-order valence-corrected chi connectivity index (χ2v) is 6.94. The van der Waals surface area contributed by atoms with Crippen molar-refractivity contribution in [3.8, 4) is 17.6 Å². The number of ether oxygens (including phenoxy) is 2. The van der Waals surface area contributed by atoms with Crippen LogP contribution >= 0.6 is 15.9 Å². The van der Waals surface area contributed by atoms with Gasteiger partial charge in [0.1, 0.15) is 11.6 Å². The van der Waals surface area contributed by atoms with E-state index in [0.29, 0.717) is 23.2 Å². The van der Waals surface area contributed by atoms with Gasteiger partial charge in [-0.15, -0.1) is 6.58 Å². The first-order valence-corrected chi connectivity index (χ1v) is 9.52. The molecule has 2 aromatic carbocycles. The predicted molar refractivity (Wildman–Crippen MR) is 116 cm³/mol. The predicted octanol–water partition coefficient (Wildman–Crippen LogP) is 4.20. The lowest BCUT2D eigenvalue weighted by atomic mass is 10.0. The highest BCUT2D eigenvalue weighted by Gasteiger charge is 2.15. The van der Waals surface area contributed by atoms with Crippen molar-refractivity contribution in [1.29, 1.82) is 5.26 Å². The van der Waals surface area contributed by atoms with Crippen LogP contribution in [0.1, 0.15) is 11.1 Å². The number of rotatable bonds is 9. The highest BCUT2D eigenvalue weighted by molar-refractivity contribution is 9.10. The summed E-state index contributed by atoms with van der Waals surface area (Å²) in [6.45, 7) is 3.15. The minimum atomic E-state index is -1.12. The van der Waals surface area contributed by atoms with Crippen LogP contribution in [0.15, 0.2) is 59.1 Å². The smallest absolute Gasteiger partial charge is 0.341 e. The van der Waals surface area contributed by atoms with Gasteiger partial charge in [-0.25, -0.2) is 4.79 Å². The van der Waals surface area contributed by atoms with Gasteiger partial charge in [0.05, 0.1) is 7.11 Å². The molecule has 2 aromatic rings. The number of carbonyl (C=O) groups excluding carboxylic acids is 1. The molecule has 0 fully saturated rings. The van der Waals surface area contributed by atoms with Gasteiger partial charge < -0.3 is 19.9 Å². The van der Waals surface area contributed by atoms with Crippen LogP contribution in [0.5, 0.6) is 11.5 Å². The van der Waals surface area contributed by atoms with Crippen LogP contribution in [0.25, 0.3) is 6.08 Å². The number of amides is 1. The molecule has 0 aliphatic carbocycles. The number of carboxylic acid groups (broad SMARTS) is 1. The summed E-state index contributed by atoms with van der Waals surface area (Å²) in [4.78, 5) is 23.4. The van der Waals surface area contributed by atoms with Crippen molar-refractivity contribution in [2.75, 3.05) is 19.0 Å². The number of nitrogens with zero attached hydrogens (tertiary/aromatic N) is 1. The Bertz CT molecular complexity index is 1040. The van der Waals surface area contributed by atoms with E-state index in [1.54, 1.807) is 36.4 Å². The van der Waals surface area contributed by atoms with Crippen molar-refractivity contribution in [3.05, 3.63) is 70.2 Å². The number of nitrogens with one attached hydrogen (secondary N) is 1. The van der Waals surface area contributed by atoms with E-state index >= 15 is 0 Å². The van der Waals surface area contributed by atoms with E-state index in [1.807, 2.05) is 12.1 Å². The van der Waals surface area contributed by atoms with Gasteiger partial charge in [0, 0.05) is 15.7 Å². The molecule has 7 nitrogen and oxygen atoms in total. The normalized spacial score (nSPS) is 10.6. The molecule has 2 N–H and O–H groups in total. The van der Waals surface area contributed by atoms with Gasteiger partial charge in [-0.3, -0.25) is 4.79 Å². The molecular weight excluding hydrogens is 452 g/mol. The Morgan fingerprint density at radius 1 is 1.33 bits per heavy atom.